The second-order valence-electron chi connectivity index (χ2n) is 7.66. The largest absolute Gasteiger partial charge is 0.457 e. The predicted molar refractivity (Wildman–Crippen MR) is 129 cm³/mol. The highest BCUT2D eigenvalue weighted by Crippen LogP contribution is 2.28. The Kier molecular flexibility index (Phi) is 6.10. The maximum absolute atomic E-state index is 12.9. The summed E-state index contributed by atoms with van der Waals surface area (Å²) in [7, 11) is -3.93. The smallest absolute Gasteiger partial charge is 0.280 e. The third-order valence-electron chi connectivity index (χ3n) is 5.10. The average Bonchev–Trinajstić information content (AvgIpc) is 3.39. The van der Waals surface area contributed by atoms with Crippen molar-refractivity contribution in [1.82, 2.24) is 4.72 Å². The molecule has 0 aliphatic carbocycles. The molecule has 0 bridgehead atoms. The average molecular weight is 493 g/mol. The van der Waals surface area contributed by atoms with Gasteiger partial charge < -0.3 is 10.2 Å². The third kappa shape index (κ3) is 4.89. The monoisotopic (exact) mass is 492 g/mol. The molecule has 2 aromatic carbocycles. The lowest BCUT2D eigenvalue weighted by Gasteiger charge is -2.11. The maximum Gasteiger partial charge on any atom is 0.280 e. The van der Waals surface area contributed by atoms with Gasteiger partial charge in [0.2, 0.25) is 11.8 Å². The number of nitrogens with two attached hydrogens (primary N) is 1. The number of benzene rings is 2. The predicted octanol–water partition coefficient (Wildman–Crippen LogP) is 2.68. The van der Waals surface area contributed by atoms with Crippen molar-refractivity contribution in [2.24, 2.45) is 10.8 Å². The highest BCUT2D eigenvalue weighted by molar-refractivity contribution is 7.90. The zero-order valence-electron chi connectivity index (χ0n) is 18.7. The van der Waals surface area contributed by atoms with Crippen LogP contribution in [0, 0.1) is 0 Å². The van der Waals surface area contributed by atoms with Gasteiger partial charge in [-0.2, -0.15) is 10.1 Å². The van der Waals surface area contributed by atoms with Gasteiger partial charge in [0.15, 0.2) is 0 Å². The Morgan fingerprint density at radius 2 is 1.69 bits per heavy atom. The van der Waals surface area contributed by atoms with Crippen molar-refractivity contribution in [2.45, 2.75) is 18.7 Å². The van der Waals surface area contributed by atoms with E-state index in [4.69, 9.17) is 10.2 Å². The molecule has 3 amide bonds. The summed E-state index contributed by atoms with van der Waals surface area (Å²) in [5.41, 5.74) is 7.49. The first kappa shape index (κ1) is 23.6. The number of carbonyl (C=O) groups excluding carboxylic acids is 3. The van der Waals surface area contributed by atoms with Crippen LogP contribution in [0.2, 0.25) is 0 Å². The van der Waals surface area contributed by atoms with E-state index in [0.717, 1.165) is 6.92 Å². The molecule has 0 fully saturated rings. The quantitative estimate of drug-likeness (QED) is 0.505. The molecule has 11 heteroatoms. The Labute approximate surface area is 200 Å². The van der Waals surface area contributed by atoms with E-state index in [1.165, 1.54) is 29.3 Å². The molecular formula is C24H20N4O6S. The number of nitrogens with zero attached hydrogens (tertiary/aromatic N) is 2. The summed E-state index contributed by atoms with van der Waals surface area (Å²) in [4.78, 5) is 35.2. The molecule has 0 atom stereocenters. The molecule has 178 valence electrons. The van der Waals surface area contributed by atoms with Crippen LogP contribution in [0.3, 0.4) is 0 Å². The molecule has 2 heterocycles. The van der Waals surface area contributed by atoms with Crippen LogP contribution in [0.25, 0.3) is 17.4 Å². The normalized spacial score (nSPS) is 14.8. The Balaban J connectivity index is 1.54. The number of hydrazone groups is 1. The van der Waals surface area contributed by atoms with Gasteiger partial charge in [0.1, 0.15) is 11.5 Å². The molecule has 4 rings (SSSR count). The fraction of sp³-hybridized carbons (Fsp3) is 0.0833. The lowest BCUT2D eigenvalue weighted by molar-refractivity contribution is -0.117. The summed E-state index contributed by atoms with van der Waals surface area (Å²) in [5, 5.41) is 5.52. The SMILES string of the molecule is CC(=O)NS(=O)(=O)c1ccc(-c2ccc(C=C3C(=O)N(c4ccc(C(N)=O)cc4)N=C3C)o2)cc1. The number of rotatable bonds is 6. The van der Waals surface area contributed by atoms with Gasteiger partial charge in [0, 0.05) is 18.1 Å². The standard InChI is InChI=1S/C24H20N4O6S/c1-14-21(24(31)28(26-14)18-7-3-17(4-8-18)23(25)30)13-19-9-12-22(34-19)16-5-10-20(11-6-16)35(32,33)27-15(2)29/h3-13H,1-2H3,(H2,25,30)(H,27,29). The highest BCUT2D eigenvalue weighted by Gasteiger charge is 2.29. The van der Waals surface area contributed by atoms with Crippen LogP contribution < -0.4 is 15.5 Å². The van der Waals surface area contributed by atoms with E-state index in [1.807, 2.05) is 4.72 Å². The Morgan fingerprint density at radius 1 is 1.03 bits per heavy atom. The molecule has 1 aliphatic rings. The molecule has 35 heavy (non-hydrogen) atoms. The van der Waals surface area contributed by atoms with E-state index in [9.17, 15) is 22.8 Å². The topological polar surface area (TPSA) is 152 Å². The third-order valence-corrected chi connectivity index (χ3v) is 6.55. The minimum absolute atomic E-state index is 0.0577. The van der Waals surface area contributed by atoms with Gasteiger partial charge in [-0.1, -0.05) is 0 Å². The molecule has 0 spiro atoms. The summed E-state index contributed by atoms with van der Waals surface area (Å²) in [5.74, 6) is -0.751. The second-order valence-corrected chi connectivity index (χ2v) is 9.34. The Bertz CT molecular complexity index is 1500. The lowest BCUT2D eigenvalue weighted by atomic mass is 10.1. The summed E-state index contributed by atoms with van der Waals surface area (Å²) in [6, 6.07) is 15.4. The van der Waals surface area contributed by atoms with E-state index < -0.39 is 21.8 Å². The van der Waals surface area contributed by atoms with Crippen LogP contribution in [0.1, 0.15) is 30.0 Å². The maximum atomic E-state index is 12.9. The number of amides is 3. The molecule has 0 saturated heterocycles. The second kappa shape index (κ2) is 9.03. The van der Waals surface area contributed by atoms with Gasteiger partial charge in [-0.05, 0) is 73.7 Å². The molecule has 3 aromatic rings. The molecule has 3 N–H and O–H groups in total. The fourth-order valence-corrected chi connectivity index (χ4v) is 4.39. The lowest BCUT2D eigenvalue weighted by Crippen LogP contribution is -2.28. The Morgan fingerprint density at radius 3 is 2.29 bits per heavy atom. The summed E-state index contributed by atoms with van der Waals surface area (Å²) >= 11 is 0. The van der Waals surface area contributed by atoms with Crippen LogP contribution in [0.4, 0.5) is 5.69 Å². The van der Waals surface area contributed by atoms with Crippen LogP contribution >= 0.6 is 0 Å². The minimum atomic E-state index is -3.93. The molecular weight excluding hydrogens is 472 g/mol. The van der Waals surface area contributed by atoms with E-state index in [2.05, 4.69) is 5.10 Å². The summed E-state index contributed by atoms with van der Waals surface area (Å²) < 4.78 is 31.9. The zero-order valence-corrected chi connectivity index (χ0v) is 19.5. The number of carbonyl (C=O) groups is 3. The van der Waals surface area contributed by atoms with E-state index in [1.54, 1.807) is 49.4 Å². The highest BCUT2D eigenvalue weighted by atomic mass is 32.2. The van der Waals surface area contributed by atoms with E-state index in [0.29, 0.717) is 39.6 Å². The van der Waals surface area contributed by atoms with Gasteiger partial charge in [-0.3, -0.25) is 14.4 Å². The van der Waals surface area contributed by atoms with Crippen molar-refractivity contribution >= 4 is 45.2 Å². The van der Waals surface area contributed by atoms with Crippen molar-refractivity contribution in [1.29, 1.82) is 0 Å². The number of hydrogen-bond acceptors (Lipinski definition) is 7. The van der Waals surface area contributed by atoms with Crippen LogP contribution in [-0.2, 0) is 19.6 Å². The zero-order chi connectivity index (χ0) is 25.3. The molecule has 1 aromatic heterocycles. The molecule has 1 aliphatic heterocycles. The Hall–Kier alpha value is -4.51. The molecule has 0 unspecified atom stereocenters. The first-order valence-electron chi connectivity index (χ1n) is 10.3. The number of hydrogen-bond donors (Lipinski definition) is 2. The summed E-state index contributed by atoms with van der Waals surface area (Å²) in [6.45, 7) is 2.81. The van der Waals surface area contributed by atoms with Crippen LogP contribution in [0.5, 0.6) is 0 Å². The van der Waals surface area contributed by atoms with Gasteiger partial charge in [0.05, 0.1) is 21.9 Å². The first-order valence-corrected chi connectivity index (χ1v) is 11.8. The van der Waals surface area contributed by atoms with Crippen molar-refractivity contribution < 1.29 is 27.2 Å². The van der Waals surface area contributed by atoms with Crippen molar-refractivity contribution in [3.63, 3.8) is 0 Å². The molecule has 0 saturated carbocycles. The van der Waals surface area contributed by atoms with Crippen LogP contribution in [0.15, 0.2) is 80.7 Å². The molecule has 10 nitrogen and oxygen atoms in total. The van der Waals surface area contributed by atoms with E-state index in [-0.39, 0.29) is 10.8 Å². The number of furan rings is 1. The number of anilines is 1. The van der Waals surface area contributed by atoms with Gasteiger partial charge in [-0.25, -0.2) is 13.1 Å². The summed E-state index contributed by atoms with van der Waals surface area (Å²) in [6.07, 6.45) is 1.57. The van der Waals surface area contributed by atoms with Crippen molar-refractivity contribution in [2.75, 3.05) is 5.01 Å². The number of nitrogens with one attached hydrogen (secondary N) is 1. The van der Waals surface area contributed by atoms with Crippen molar-refractivity contribution in [3.8, 4) is 11.3 Å². The molecule has 0 radical (unpaired) electrons. The number of primary amides is 1. The van der Waals surface area contributed by atoms with Crippen molar-refractivity contribution in [3.05, 3.63) is 77.6 Å². The van der Waals surface area contributed by atoms with Gasteiger partial charge in [-0.15, -0.1) is 0 Å². The van der Waals surface area contributed by atoms with Gasteiger partial charge >= 0.3 is 0 Å². The van der Waals surface area contributed by atoms with Crippen LogP contribution in [-0.4, -0.2) is 31.9 Å². The fourth-order valence-electron chi connectivity index (χ4n) is 3.40. The first-order chi connectivity index (χ1) is 16.5. The minimum Gasteiger partial charge on any atom is -0.457 e. The number of sulfonamides is 1. The van der Waals surface area contributed by atoms with Gasteiger partial charge in [0.25, 0.3) is 15.9 Å². The van der Waals surface area contributed by atoms with E-state index >= 15 is 0 Å².